The van der Waals surface area contributed by atoms with E-state index < -0.39 is 0 Å². The van der Waals surface area contributed by atoms with E-state index in [-0.39, 0.29) is 5.82 Å². The molecule has 1 aromatic rings. The smallest absolute Gasteiger partial charge is 0.130 e. The second kappa shape index (κ2) is 10.4. The fraction of sp³-hybridized carbons (Fsp3) is 0.238. The predicted octanol–water partition coefficient (Wildman–Crippen LogP) is 6.34. The number of halogens is 2. The summed E-state index contributed by atoms with van der Waals surface area (Å²) in [5.41, 5.74) is 3.09. The summed E-state index contributed by atoms with van der Waals surface area (Å²) in [7, 11) is 1.55. The maximum atomic E-state index is 14.0. The van der Waals surface area contributed by atoms with Crippen LogP contribution in [0.15, 0.2) is 67.6 Å². The first-order valence-corrected chi connectivity index (χ1v) is 7.79. The fourth-order valence-electron chi connectivity index (χ4n) is 2.30. The highest BCUT2D eigenvalue weighted by Gasteiger charge is 2.12. The van der Waals surface area contributed by atoms with E-state index in [0.717, 1.165) is 18.4 Å². The van der Waals surface area contributed by atoms with E-state index >= 15 is 0 Å². The average Bonchev–Trinajstić information content (AvgIpc) is 2.57. The largest absolute Gasteiger partial charge is 0.496 e. The lowest BCUT2D eigenvalue weighted by atomic mass is 9.99. The van der Waals surface area contributed by atoms with Crippen molar-refractivity contribution in [3.05, 3.63) is 84.5 Å². The van der Waals surface area contributed by atoms with Crippen molar-refractivity contribution in [3.63, 3.8) is 0 Å². The van der Waals surface area contributed by atoms with Crippen molar-refractivity contribution in [2.75, 3.05) is 7.11 Å². The van der Waals surface area contributed by atoms with Gasteiger partial charge in [0.25, 0.3) is 0 Å². The molecule has 0 saturated heterocycles. The van der Waals surface area contributed by atoms with Gasteiger partial charge in [0.1, 0.15) is 11.6 Å². The van der Waals surface area contributed by atoms with Gasteiger partial charge in [0.15, 0.2) is 0 Å². The summed E-state index contributed by atoms with van der Waals surface area (Å²) in [5.74, 6) is 0.233. The van der Waals surface area contributed by atoms with Crippen LogP contribution in [0.5, 0.6) is 5.75 Å². The summed E-state index contributed by atoms with van der Waals surface area (Å²) < 4.78 is 31.5. The summed E-state index contributed by atoms with van der Waals surface area (Å²) in [5, 5.41) is 0. The van der Waals surface area contributed by atoms with Crippen molar-refractivity contribution in [1.82, 2.24) is 0 Å². The molecule has 0 aliphatic heterocycles. The Morgan fingerprint density at radius 3 is 2.67 bits per heavy atom. The minimum Gasteiger partial charge on any atom is -0.496 e. The van der Waals surface area contributed by atoms with E-state index in [1.165, 1.54) is 29.9 Å². The molecule has 0 aliphatic rings. The van der Waals surface area contributed by atoms with Crippen LogP contribution in [0.25, 0.3) is 5.57 Å². The van der Waals surface area contributed by atoms with Crippen molar-refractivity contribution >= 4 is 5.57 Å². The van der Waals surface area contributed by atoms with Crippen LogP contribution in [-0.2, 0) is 6.42 Å². The Labute approximate surface area is 143 Å². The Hall–Kier alpha value is -2.42. The molecule has 0 unspecified atom stereocenters. The number of methoxy groups -OCH3 is 1. The van der Waals surface area contributed by atoms with Crippen LogP contribution in [0.4, 0.5) is 8.78 Å². The first kappa shape index (κ1) is 19.6. The predicted molar refractivity (Wildman–Crippen MR) is 98.3 cm³/mol. The molecule has 1 aromatic carbocycles. The average molecular weight is 330 g/mol. The standard InChI is InChI=1S/C21H24F2O/c1-5-6-9-16(2)11-12-18-14-19(23)15-20(21(18)24-4)17(3)10-7-8-13-22/h5,7-8,10-11,13-15H,1,3,6,9,12H2,2,4H3/b10-7-,13-8-,16-11+. The minimum absolute atomic E-state index is 0.353. The van der Waals surface area contributed by atoms with E-state index in [9.17, 15) is 8.78 Å². The number of allylic oxidation sites excluding steroid dienone is 7. The van der Waals surface area contributed by atoms with Gasteiger partial charge in [-0.3, -0.25) is 0 Å². The molecule has 1 nitrogen and oxygen atoms in total. The van der Waals surface area contributed by atoms with Crippen LogP contribution >= 0.6 is 0 Å². The molecule has 0 aliphatic carbocycles. The van der Waals surface area contributed by atoms with Gasteiger partial charge in [0.05, 0.1) is 13.4 Å². The highest BCUT2D eigenvalue weighted by Crippen LogP contribution is 2.32. The highest BCUT2D eigenvalue weighted by atomic mass is 19.1. The molecule has 0 fully saturated rings. The van der Waals surface area contributed by atoms with Crippen LogP contribution in [0.1, 0.15) is 30.9 Å². The molecule has 1 rings (SSSR count). The number of benzene rings is 1. The number of rotatable bonds is 9. The van der Waals surface area contributed by atoms with Gasteiger partial charge < -0.3 is 4.74 Å². The Kier molecular flexibility index (Phi) is 8.48. The van der Waals surface area contributed by atoms with Crippen LogP contribution < -0.4 is 4.74 Å². The second-order valence-corrected chi connectivity index (χ2v) is 5.43. The van der Waals surface area contributed by atoms with Crippen LogP contribution in [-0.4, -0.2) is 7.11 Å². The van der Waals surface area contributed by atoms with Gasteiger partial charge in [-0.1, -0.05) is 36.5 Å². The first-order chi connectivity index (χ1) is 11.5. The molecule has 128 valence electrons. The quantitative estimate of drug-likeness (QED) is 0.379. The maximum Gasteiger partial charge on any atom is 0.130 e. The molecule has 0 radical (unpaired) electrons. The van der Waals surface area contributed by atoms with E-state index in [2.05, 4.69) is 19.2 Å². The molecule has 0 saturated carbocycles. The van der Waals surface area contributed by atoms with Crippen LogP contribution in [0, 0.1) is 5.82 Å². The summed E-state index contributed by atoms with van der Waals surface area (Å²) in [6, 6.07) is 2.85. The van der Waals surface area contributed by atoms with Crippen molar-refractivity contribution in [2.45, 2.75) is 26.2 Å². The van der Waals surface area contributed by atoms with Gasteiger partial charge in [-0.2, -0.15) is 0 Å². The molecule has 24 heavy (non-hydrogen) atoms. The molecular formula is C21H24F2O. The lowest BCUT2D eigenvalue weighted by molar-refractivity contribution is 0.408. The number of hydrogen-bond donors (Lipinski definition) is 0. The van der Waals surface area contributed by atoms with Gasteiger partial charge in [0, 0.05) is 11.1 Å². The second-order valence-electron chi connectivity index (χ2n) is 5.43. The highest BCUT2D eigenvalue weighted by molar-refractivity contribution is 5.77. The third kappa shape index (κ3) is 5.99. The van der Waals surface area contributed by atoms with Crippen molar-refractivity contribution in [1.29, 1.82) is 0 Å². The zero-order valence-electron chi connectivity index (χ0n) is 14.3. The normalized spacial score (nSPS) is 12.1. The summed E-state index contributed by atoms with van der Waals surface area (Å²) in [4.78, 5) is 0. The number of ether oxygens (including phenoxy) is 1. The Balaban J connectivity index is 3.13. The molecule has 3 heteroatoms. The third-order valence-corrected chi connectivity index (χ3v) is 3.58. The SMILES string of the molecule is C=CCC/C(C)=C/Cc1cc(F)cc(C(=C)/C=C\C=C/F)c1OC. The van der Waals surface area contributed by atoms with Crippen LogP contribution in [0.3, 0.4) is 0 Å². The molecular weight excluding hydrogens is 306 g/mol. The van der Waals surface area contributed by atoms with E-state index in [1.807, 2.05) is 13.0 Å². The van der Waals surface area contributed by atoms with E-state index in [0.29, 0.717) is 29.6 Å². The van der Waals surface area contributed by atoms with Gasteiger partial charge in [-0.15, -0.1) is 6.58 Å². The zero-order chi connectivity index (χ0) is 17.9. The monoisotopic (exact) mass is 330 g/mol. The molecule has 0 heterocycles. The van der Waals surface area contributed by atoms with Gasteiger partial charge >= 0.3 is 0 Å². The molecule has 0 spiro atoms. The first-order valence-electron chi connectivity index (χ1n) is 7.79. The molecule has 0 atom stereocenters. The number of hydrogen-bond acceptors (Lipinski definition) is 1. The van der Waals surface area contributed by atoms with Gasteiger partial charge in [-0.05, 0) is 50.0 Å². The lowest BCUT2D eigenvalue weighted by Gasteiger charge is -2.14. The maximum absolute atomic E-state index is 14.0. The molecule has 0 N–H and O–H groups in total. The van der Waals surface area contributed by atoms with Crippen molar-refractivity contribution in [2.24, 2.45) is 0 Å². The Bertz CT molecular complexity index is 667. The van der Waals surface area contributed by atoms with Crippen molar-refractivity contribution < 1.29 is 13.5 Å². The topological polar surface area (TPSA) is 9.23 Å². The summed E-state index contributed by atoms with van der Waals surface area (Å²) in [6.45, 7) is 9.66. The summed E-state index contributed by atoms with van der Waals surface area (Å²) in [6.07, 6.45) is 11.1. The Morgan fingerprint density at radius 1 is 1.29 bits per heavy atom. The van der Waals surface area contributed by atoms with Gasteiger partial charge in [0.2, 0.25) is 0 Å². The minimum atomic E-state index is -0.353. The zero-order valence-corrected chi connectivity index (χ0v) is 14.3. The van der Waals surface area contributed by atoms with Gasteiger partial charge in [-0.25, -0.2) is 8.78 Å². The van der Waals surface area contributed by atoms with E-state index in [1.54, 1.807) is 13.2 Å². The summed E-state index contributed by atoms with van der Waals surface area (Å²) >= 11 is 0. The lowest BCUT2D eigenvalue weighted by Crippen LogP contribution is -1.98. The van der Waals surface area contributed by atoms with Crippen LogP contribution in [0.2, 0.25) is 0 Å². The molecule has 0 amide bonds. The molecule has 0 aromatic heterocycles. The fourth-order valence-corrected chi connectivity index (χ4v) is 2.30. The van der Waals surface area contributed by atoms with Crippen molar-refractivity contribution in [3.8, 4) is 5.75 Å². The third-order valence-electron chi connectivity index (χ3n) is 3.58. The Morgan fingerprint density at radius 2 is 2.04 bits per heavy atom. The molecule has 0 bridgehead atoms. The van der Waals surface area contributed by atoms with E-state index in [4.69, 9.17) is 4.74 Å².